The minimum atomic E-state index is -0.631. The average molecular weight is 653 g/mol. The van der Waals surface area contributed by atoms with Gasteiger partial charge in [0.2, 0.25) is 0 Å². The van der Waals surface area contributed by atoms with Crippen LogP contribution in [0.25, 0.3) is 0 Å². The fourth-order valence-corrected chi connectivity index (χ4v) is 4.74. The number of aryl methyl sites for hydroxylation is 1. The zero-order valence-corrected chi connectivity index (χ0v) is 27.0. The molecule has 3 aromatic carbocycles. The number of methoxy groups -OCH3 is 5. The third kappa shape index (κ3) is 9.45. The van der Waals surface area contributed by atoms with E-state index < -0.39 is 31.1 Å². The summed E-state index contributed by atoms with van der Waals surface area (Å²) >= 11 is 0. The lowest BCUT2D eigenvalue weighted by Crippen LogP contribution is -2.15. The van der Waals surface area contributed by atoms with Crippen LogP contribution in [0, 0.1) is 6.92 Å². The second-order valence-electron chi connectivity index (χ2n) is 10.0. The van der Waals surface area contributed by atoms with Crippen LogP contribution in [-0.2, 0) is 41.4 Å². The Labute approximate surface area is 271 Å². The molecule has 0 radical (unpaired) electrons. The van der Waals surface area contributed by atoms with Gasteiger partial charge >= 0.3 is 17.9 Å². The lowest BCUT2D eigenvalue weighted by molar-refractivity contribution is -0.143. The Morgan fingerprint density at radius 3 is 1.23 bits per heavy atom. The molecule has 0 heterocycles. The molecule has 0 aliphatic carbocycles. The van der Waals surface area contributed by atoms with Crippen LogP contribution in [0.15, 0.2) is 36.4 Å². The molecule has 3 aromatic rings. The van der Waals surface area contributed by atoms with E-state index in [0.717, 1.165) is 5.56 Å². The molecule has 3 rings (SSSR count). The van der Waals surface area contributed by atoms with Gasteiger partial charge in [0.15, 0.2) is 55.4 Å². The van der Waals surface area contributed by atoms with E-state index in [2.05, 4.69) is 9.47 Å². The lowest BCUT2D eigenvalue weighted by Gasteiger charge is -2.19. The van der Waals surface area contributed by atoms with E-state index in [1.54, 1.807) is 24.3 Å². The Kier molecular flexibility index (Phi) is 13.1. The molecule has 0 saturated heterocycles. The monoisotopic (exact) mass is 652 g/mol. The molecule has 47 heavy (non-hydrogen) atoms. The molecule has 0 saturated carbocycles. The number of rotatable bonds is 17. The summed E-state index contributed by atoms with van der Waals surface area (Å²) in [5.41, 5.74) is 3.80. The summed E-state index contributed by atoms with van der Waals surface area (Å²) in [5.74, 6) is -0.858. The van der Waals surface area contributed by atoms with Gasteiger partial charge in [0.25, 0.3) is 0 Å². The molecule has 0 spiro atoms. The van der Waals surface area contributed by atoms with Gasteiger partial charge in [-0.25, -0.2) is 14.4 Å². The predicted octanol–water partition coefficient (Wildman–Crippen LogP) is 3.47. The van der Waals surface area contributed by atoms with Crippen molar-refractivity contribution in [1.29, 1.82) is 0 Å². The zero-order chi connectivity index (χ0) is 34.5. The van der Waals surface area contributed by atoms with Gasteiger partial charge in [0, 0.05) is 12.8 Å². The normalized spacial score (nSPS) is 10.3. The maximum atomic E-state index is 12.1. The fraction of sp³-hybridized carbons (Fsp3) is 0.324. The molecular weight excluding hydrogens is 616 g/mol. The first-order valence-electron chi connectivity index (χ1n) is 14.1. The van der Waals surface area contributed by atoms with Crippen molar-refractivity contribution in [2.24, 2.45) is 0 Å². The summed E-state index contributed by atoms with van der Waals surface area (Å²) in [6.07, 6.45) is 1.66. The van der Waals surface area contributed by atoms with Crippen LogP contribution in [-0.4, -0.2) is 85.8 Å². The van der Waals surface area contributed by atoms with Crippen LogP contribution in [0.4, 0.5) is 0 Å². The van der Waals surface area contributed by atoms with E-state index in [1.165, 1.54) is 35.5 Å². The Balaban J connectivity index is 2.09. The Bertz CT molecular complexity index is 1520. The van der Waals surface area contributed by atoms with Gasteiger partial charge in [-0.1, -0.05) is 17.7 Å². The van der Waals surface area contributed by atoms with Gasteiger partial charge in [0.1, 0.15) is 5.75 Å². The number of esters is 3. The molecule has 250 valence electrons. The third-order valence-electron chi connectivity index (χ3n) is 6.84. The van der Waals surface area contributed by atoms with E-state index in [4.69, 9.17) is 28.4 Å². The average Bonchev–Trinajstić information content (AvgIpc) is 3.08. The van der Waals surface area contributed by atoms with Crippen LogP contribution in [0.1, 0.15) is 48.5 Å². The molecule has 0 atom stereocenters. The summed E-state index contributed by atoms with van der Waals surface area (Å²) < 4.78 is 42.0. The molecule has 0 unspecified atom stereocenters. The second kappa shape index (κ2) is 17.2. The first-order valence-corrected chi connectivity index (χ1v) is 14.1. The number of ether oxygens (including phenoxy) is 8. The molecule has 0 aromatic heterocycles. The van der Waals surface area contributed by atoms with Gasteiger partial charge < -0.3 is 37.9 Å². The summed E-state index contributed by atoms with van der Waals surface area (Å²) in [5, 5.41) is 0. The highest BCUT2D eigenvalue weighted by atomic mass is 16.6. The summed E-state index contributed by atoms with van der Waals surface area (Å²) in [7, 11) is 6.50. The van der Waals surface area contributed by atoms with E-state index in [-0.39, 0.29) is 53.6 Å². The van der Waals surface area contributed by atoms with Gasteiger partial charge in [-0.05, 0) is 53.4 Å². The largest absolute Gasteiger partial charge is 0.493 e. The van der Waals surface area contributed by atoms with Crippen molar-refractivity contribution in [3.05, 3.63) is 75.3 Å². The summed E-state index contributed by atoms with van der Waals surface area (Å²) in [6.45, 7) is 0.662. The minimum absolute atomic E-state index is 0.0858. The Morgan fingerprint density at radius 2 is 0.915 bits per heavy atom. The highest BCUT2D eigenvalue weighted by molar-refractivity contribution is 5.83. The number of aldehydes is 2. The maximum absolute atomic E-state index is 12.1. The topological polar surface area (TPSA) is 159 Å². The highest BCUT2D eigenvalue weighted by Crippen LogP contribution is 2.37. The molecule has 0 amide bonds. The SMILES string of the molecule is COC(=O)COc1c(Cc2cc(C=O)c(OCC(=O)OC)c(OC)c2)cc(C)cc1Cc1cc(C=O)c(OCC(=O)OC)c(OC)c1. The summed E-state index contributed by atoms with van der Waals surface area (Å²) in [4.78, 5) is 59.4. The molecule has 0 fully saturated rings. The van der Waals surface area contributed by atoms with Crippen molar-refractivity contribution >= 4 is 30.5 Å². The molecule has 0 N–H and O–H groups in total. The van der Waals surface area contributed by atoms with E-state index >= 15 is 0 Å². The van der Waals surface area contributed by atoms with Crippen molar-refractivity contribution in [1.82, 2.24) is 0 Å². The minimum Gasteiger partial charge on any atom is -0.493 e. The number of benzene rings is 3. The first kappa shape index (κ1) is 35.9. The van der Waals surface area contributed by atoms with E-state index in [0.29, 0.717) is 40.6 Å². The maximum Gasteiger partial charge on any atom is 0.343 e. The van der Waals surface area contributed by atoms with Crippen molar-refractivity contribution in [3.8, 4) is 28.7 Å². The fourth-order valence-electron chi connectivity index (χ4n) is 4.74. The third-order valence-corrected chi connectivity index (χ3v) is 6.84. The molecule has 13 heteroatoms. The van der Waals surface area contributed by atoms with Gasteiger partial charge in [0.05, 0.1) is 46.7 Å². The van der Waals surface area contributed by atoms with Crippen molar-refractivity contribution in [3.63, 3.8) is 0 Å². The van der Waals surface area contributed by atoms with E-state index in [9.17, 15) is 24.0 Å². The lowest BCUT2D eigenvalue weighted by atomic mass is 9.94. The molecule has 0 aliphatic heterocycles. The Hall–Kier alpha value is -5.59. The molecule has 13 nitrogen and oxygen atoms in total. The zero-order valence-electron chi connectivity index (χ0n) is 27.0. The van der Waals surface area contributed by atoms with Crippen LogP contribution in [0.3, 0.4) is 0 Å². The van der Waals surface area contributed by atoms with Crippen LogP contribution in [0.5, 0.6) is 28.7 Å². The van der Waals surface area contributed by atoms with Crippen LogP contribution >= 0.6 is 0 Å². The second-order valence-corrected chi connectivity index (χ2v) is 10.0. The smallest absolute Gasteiger partial charge is 0.343 e. The Morgan fingerprint density at radius 1 is 0.553 bits per heavy atom. The summed E-state index contributed by atoms with van der Waals surface area (Å²) in [6, 6.07) is 10.3. The highest BCUT2D eigenvalue weighted by Gasteiger charge is 2.21. The number of hydrogen-bond donors (Lipinski definition) is 0. The molecule has 0 aliphatic rings. The number of carbonyl (C=O) groups is 5. The number of hydrogen-bond acceptors (Lipinski definition) is 13. The first-order chi connectivity index (χ1) is 22.6. The quantitative estimate of drug-likeness (QED) is 0.119. The molecule has 0 bridgehead atoms. The van der Waals surface area contributed by atoms with Crippen molar-refractivity contribution in [2.45, 2.75) is 19.8 Å². The standard InChI is InChI=1S/C34H36O13/c1-20-7-23(9-21-11-25(15-35)33(27(13-21)40-2)46-18-30(38)43-5)32(45-17-29(37)42-4)24(8-20)10-22-12-26(16-36)34(28(14-22)41-3)47-19-31(39)44-6/h7-8,11-16H,9-10,17-19H2,1-6H3. The van der Waals surface area contributed by atoms with Crippen LogP contribution < -0.4 is 23.7 Å². The van der Waals surface area contributed by atoms with Gasteiger partial charge in [-0.15, -0.1) is 0 Å². The van der Waals surface area contributed by atoms with Gasteiger partial charge in [-0.3, -0.25) is 9.59 Å². The van der Waals surface area contributed by atoms with Crippen LogP contribution in [0.2, 0.25) is 0 Å². The molecular formula is C34H36O13. The van der Waals surface area contributed by atoms with Gasteiger partial charge in [-0.2, -0.15) is 0 Å². The number of carbonyl (C=O) groups excluding carboxylic acids is 5. The predicted molar refractivity (Wildman–Crippen MR) is 166 cm³/mol. The van der Waals surface area contributed by atoms with Crippen molar-refractivity contribution < 1.29 is 61.9 Å². The van der Waals surface area contributed by atoms with Crippen molar-refractivity contribution in [2.75, 3.05) is 55.4 Å². The van der Waals surface area contributed by atoms with E-state index in [1.807, 2.05) is 19.1 Å².